The molecule has 1 spiro atoms. The van der Waals surface area contributed by atoms with E-state index in [0.29, 0.717) is 23.6 Å². The van der Waals surface area contributed by atoms with Gasteiger partial charge in [-0.2, -0.15) is 0 Å². The fourth-order valence-corrected chi connectivity index (χ4v) is 5.41. The summed E-state index contributed by atoms with van der Waals surface area (Å²) >= 11 is 0. The lowest BCUT2D eigenvalue weighted by molar-refractivity contribution is -0.130. The normalized spacial score (nSPS) is 18.8. The average Bonchev–Trinajstić information content (AvgIpc) is 3.07. The van der Waals surface area contributed by atoms with E-state index in [1.807, 2.05) is 36.5 Å². The van der Waals surface area contributed by atoms with Crippen molar-refractivity contribution in [2.45, 2.75) is 38.5 Å². The fourth-order valence-electron chi connectivity index (χ4n) is 5.41. The maximum atomic E-state index is 12.1. The van der Waals surface area contributed by atoms with Crippen LogP contribution in [0.15, 0.2) is 102 Å². The van der Waals surface area contributed by atoms with Crippen molar-refractivity contribution in [2.24, 2.45) is 4.99 Å². The van der Waals surface area contributed by atoms with E-state index < -0.39 is 11.7 Å². The molecule has 5 nitrogen and oxygen atoms in total. The summed E-state index contributed by atoms with van der Waals surface area (Å²) in [5.41, 5.74) is 3.42. The van der Waals surface area contributed by atoms with Crippen molar-refractivity contribution < 1.29 is 14.3 Å². The van der Waals surface area contributed by atoms with Crippen molar-refractivity contribution in [3.05, 3.63) is 108 Å². The minimum Gasteiger partial charge on any atom is -0.459 e. The highest BCUT2D eigenvalue weighted by Gasteiger charge is 2.59. The number of carbonyl (C=O) groups excluding carboxylic acids is 1. The first-order valence-electron chi connectivity index (χ1n) is 12.4. The molecule has 0 saturated heterocycles. The summed E-state index contributed by atoms with van der Waals surface area (Å²) in [5.74, 6) is 0.686. The van der Waals surface area contributed by atoms with E-state index in [1.54, 1.807) is 13.0 Å². The molecule has 0 bridgehead atoms. The number of hydrogen-bond donors (Lipinski definition) is 0. The zero-order valence-corrected chi connectivity index (χ0v) is 21.2. The molecular formula is C32H28N2O3. The van der Waals surface area contributed by atoms with Crippen LogP contribution in [0.5, 0.6) is 11.5 Å². The summed E-state index contributed by atoms with van der Waals surface area (Å²) in [6.07, 6.45) is 1.95. The molecule has 2 aliphatic heterocycles. The zero-order valence-electron chi connectivity index (χ0n) is 21.2. The molecule has 0 amide bonds. The fraction of sp³-hybridized carbons (Fsp3) is 0.188. The Hall–Kier alpha value is -4.38. The molecule has 2 heterocycles. The van der Waals surface area contributed by atoms with Gasteiger partial charge in [-0.15, -0.1) is 0 Å². The standard InChI is InChI=1S/C32H28N2O3/c1-21(2)30(35)36-24-16-14-23-15-17-28-29(25(23)18-24)33-20-32(37-28)31(3,4)26-12-8-9-13-27(26)34(32)19-22-10-6-5-7-11-22/h5-18,20H,1,19H2,2-4H3. The van der Waals surface area contributed by atoms with Crippen molar-refractivity contribution in [2.75, 3.05) is 4.90 Å². The van der Waals surface area contributed by atoms with Crippen molar-refractivity contribution in [3.8, 4) is 11.5 Å². The molecule has 0 aromatic heterocycles. The summed E-state index contributed by atoms with van der Waals surface area (Å²) in [6, 6.07) is 28.4. The number of para-hydroxylation sites is 1. The summed E-state index contributed by atoms with van der Waals surface area (Å²) in [4.78, 5) is 19.4. The van der Waals surface area contributed by atoms with Crippen LogP contribution in [0.25, 0.3) is 10.8 Å². The number of rotatable bonds is 4. The molecular weight excluding hydrogens is 460 g/mol. The largest absolute Gasteiger partial charge is 0.459 e. The second-order valence-electron chi connectivity index (χ2n) is 10.2. The van der Waals surface area contributed by atoms with Gasteiger partial charge in [-0.25, -0.2) is 4.79 Å². The molecule has 0 aliphatic carbocycles. The van der Waals surface area contributed by atoms with E-state index in [9.17, 15) is 4.79 Å². The quantitative estimate of drug-likeness (QED) is 0.174. The highest BCUT2D eigenvalue weighted by molar-refractivity contribution is 6.01. The molecule has 4 aromatic rings. The van der Waals surface area contributed by atoms with Crippen LogP contribution < -0.4 is 14.4 Å². The number of ether oxygens (including phenoxy) is 2. The molecule has 1 unspecified atom stereocenters. The Labute approximate surface area is 216 Å². The van der Waals surface area contributed by atoms with Gasteiger partial charge in [0.15, 0.2) is 0 Å². The second kappa shape index (κ2) is 8.34. The van der Waals surface area contributed by atoms with Crippen LogP contribution in [0.3, 0.4) is 0 Å². The Balaban J connectivity index is 1.47. The number of hydrogen-bond acceptors (Lipinski definition) is 5. The smallest absolute Gasteiger partial charge is 0.338 e. The molecule has 2 aliphatic rings. The van der Waals surface area contributed by atoms with E-state index in [4.69, 9.17) is 14.5 Å². The molecule has 0 saturated carbocycles. The van der Waals surface area contributed by atoms with Crippen LogP contribution in [-0.4, -0.2) is 17.9 Å². The van der Waals surface area contributed by atoms with Crippen LogP contribution in [0, 0.1) is 0 Å². The molecule has 0 N–H and O–H groups in total. The number of fused-ring (bicyclic) bond motifs is 4. The van der Waals surface area contributed by atoms with Crippen molar-refractivity contribution in [3.63, 3.8) is 0 Å². The minimum atomic E-state index is -0.822. The lowest BCUT2D eigenvalue weighted by Crippen LogP contribution is -2.61. The van der Waals surface area contributed by atoms with E-state index in [-0.39, 0.29) is 5.41 Å². The molecule has 0 radical (unpaired) electrons. The van der Waals surface area contributed by atoms with Gasteiger partial charge >= 0.3 is 5.97 Å². The first kappa shape index (κ1) is 23.0. The van der Waals surface area contributed by atoms with Gasteiger partial charge in [0.1, 0.15) is 17.2 Å². The highest BCUT2D eigenvalue weighted by Crippen LogP contribution is 2.55. The predicted octanol–water partition coefficient (Wildman–Crippen LogP) is 7.11. The Morgan fingerprint density at radius 2 is 1.73 bits per heavy atom. The third kappa shape index (κ3) is 3.53. The number of carbonyl (C=O) groups is 1. The van der Waals surface area contributed by atoms with Gasteiger partial charge in [-0.1, -0.05) is 67.2 Å². The summed E-state index contributed by atoms with van der Waals surface area (Å²) in [6.45, 7) is 10.4. The Kier molecular flexibility index (Phi) is 5.19. The molecule has 6 rings (SSSR count). The number of esters is 1. The van der Waals surface area contributed by atoms with Crippen molar-refractivity contribution in [1.82, 2.24) is 0 Å². The highest BCUT2D eigenvalue weighted by atomic mass is 16.5. The number of anilines is 1. The van der Waals surface area contributed by atoms with Crippen LogP contribution in [0.2, 0.25) is 0 Å². The molecule has 5 heteroatoms. The monoisotopic (exact) mass is 488 g/mol. The topological polar surface area (TPSA) is 51.1 Å². The number of aliphatic imine (C=N–C) groups is 1. The minimum absolute atomic E-state index is 0.347. The maximum Gasteiger partial charge on any atom is 0.338 e. The van der Waals surface area contributed by atoms with E-state index in [1.165, 1.54) is 11.1 Å². The Morgan fingerprint density at radius 3 is 2.51 bits per heavy atom. The van der Waals surface area contributed by atoms with Gasteiger partial charge in [-0.3, -0.25) is 4.99 Å². The van der Waals surface area contributed by atoms with Crippen molar-refractivity contribution in [1.29, 1.82) is 0 Å². The van der Waals surface area contributed by atoms with Gasteiger partial charge < -0.3 is 14.4 Å². The third-order valence-corrected chi connectivity index (χ3v) is 7.47. The molecule has 4 aromatic carbocycles. The predicted molar refractivity (Wildman–Crippen MR) is 148 cm³/mol. The average molecular weight is 489 g/mol. The van der Waals surface area contributed by atoms with Crippen LogP contribution in [0.4, 0.5) is 11.4 Å². The molecule has 37 heavy (non-hydrogen) atoms. The number of nitrogens with zero attached hydrogens (tertiary/aromatic N) is 2. The number of benzene rings is 4. The summed E-state index contributed by atoms with van der Waals surface area (Å²) < 4.78 is 12.5. The molecule has 184 valence electrons. The first-order valence-corrected chi connectivity index (χ1v) is 12.4. The third-order valence-electron chi connectivity index (χ3n) is 7.47. The lowest BCUT2D eigenvalue weighted by atomic mass is 9.77. The van der Waals surface area contributed by atoms with Crippen LogP contribution >= 0.6 is 0 Å². The molecule has 0 fully saturated rings. The van der Waals surface area contributed by atoms with Crippen LogP contribution in [-0.2, 0) is 16.8 Å². The molecule has 1 atom stereocenters. The van der Waals surface area contributed by atoms with E-state index >= 15 is 0 Å². The van der Waals surface area contributed by atoms with E-state index in [0.717, 1.165) is 22.1 Å². The Morgan fingerprint density at radius 1 is 1.00 bits per heavy atom. The van der Waals surface area contributed by atoms with Gasteiger partial charge in [0.25, 0.3) is 0 Å². The van der Waals surface area contributed by atoms with Gasteiger partial charge in [0.05, 0.1) is 11.6 Å². The first-order chi connectivity index (χ1) is 17.8. The lowest BCUT2D eigenvalue weighted by Gasteiger charge is -2.46. The summed E-state index contributed by atoms with van der Waals surface area (Å²) in [7, 11) is 0. The maximum absolute atomic E-state index is 12.1. The van der Waals surface area contributed by atoms with Gasteiger partial charge in [0, 0.05) is 23.2 Å². The van der Waals surface area contributed by atoms with Gasteiger partial charge in [0.2, 0.25) is 5.72 Å². The zero-order chi connectivity index (χ0) is 25.8. The van der Waals surface area contributed by atoms with Gasteiger partial charge in [-0.05, 0) is 61.5 Å². The van der Waals surface area contributed by atoms with E-state index in [2.05, 4.69) is 73.9 Å². The van der Waals surface area contributed by atoms with Crippen LogP contribution in [0.1, 0.15) is 31.9 Å². The van der Waals surface area contributed by atoms with Crippen molar-refractivity contribution >= 4 is 34.3 Å². The second-order valence-corrected chi connectivity index (χ2v) is 10.2. The SMILES string of the molecule is C=C(C)C(=O)Oc1ccc2ccc3c(c2c1)N=CC1(O3)N(Cc2ccccc2)c2ccccc2C1(C)C. The summed E-state index contributed by atoms with van der Waals surface area (Å²) in [5, 5.41) is 1.85. The Bertz CT molecular complexity index is 1590.